The fraction of sp³-hybridized carbons (Fsp3) is 0.462. The number of hydrogen-bond acceptors (Lipinski definition) is 1. The van der Waals surface area contributed by atoms with E-state index in [2.05, 4.69) is 37.2 Å². The van der Waals surface area contributed by atoms with Crippen molar-refractivity contribution >= 4 is 43.5 Å². The van der Waals surface area contributed by atoms with Gasteiger partial charge in [0.25, 0.3) is 0 Å². The quantitative estimate of drug-likeness (QED) is 0.792. The zero-order chi connectivity index (χ0) is 13.2. The Morgan fingerprint density at radius 1 is 1.24 bits per heavy atom. The molecule has 1 amide bonds. The van der Waals surface area contributed by atoms with Crippen molar-refractivity contribution in [2.75, 3.05) is 5.32 Å². The topological polar surface area (TPSA) is 29.1 Å². The average molecular weight is 363 g/mol. The SMILES string of the molecule is Cc1cc(NC(=O)C(Br)C(C)C)cc(C)c1Br. The van der Waals surface area contributed by atoms with E-state index in [-0.39, 0.29) is 16.7 Å². The molecule has 1 rings (SSSR count). The molecule has 0 heterocycles. The van der Waals surface area contributed by atoms with Crippen molar-refractivity contribution in [3.05, 3.63) is 27.7 Å². The van der Waals surface area contributed by atoms with Gasteiger partial charge in [-0.2, -0.15) is 0 Å². The highest BCUT2D eigenvalue weighted by molar-refractivity contribution is 9.10. The summed E-state index contributed by atoms with van der Waals surface area (Å²) in [5.41, 5.74) is 3.09. The van der Waals surface area contributed by atoms with Crippen molar-refractivity contribution in [3.8, 4) is 0 Å². The largest absolute Gasteiger partial charge is 0.325 e. The summed E-state index contributed by atoms with van der Waals surface area (Å²) >= 11 is 6.90. The molecule has 4 heteroatoms. The number of anilines is 1. The minimum absolute atomic E-state index is 0.00104. The zero-order valence-electron chi connectivity index (χ0n) is 10.5. The number of carbonyl (C=O) groups excluding carboxylic acids is 1. The Morgan fingerprint density at radius 2 is 1.71 bits per heavy atom. The monoisotopic (exact) mass is 361 g/mol. The molecule has 1 N–H and O–H groups in total. The predicted molar refractivity (Wildman–Crippen MR) is 79.8 cm³/mol. The number of benzene rings is 1. The highest BCUT2D eigenvalue weighted by Crippen LogP contribution is 2.25. The van der Waals surface area contributed by atoms with Gasteiger partial charge in [0.2, 0.25) is 5.91 Å². The Bertz CT molecular complexity index is 406. The van der Waals surface area contributed by atoms with Gasteiger partial charge in [0.1, 0.15) is 0 Å². The molecule has 0 spiro atoms. The molecule has 17 heavy (non-hydrogen) atoms. The van der Waals surface area contributed by atoms with E-state index in [1.54, 1.807) is 0 Å². The molecule has 2 nitrogen and oxygen atoms in total. The molecule has 0 aliphatic heterocycles. The van der Waals surface area contributed by atoms with E-state index in [9.17, 15) is 4.79 Å². The molecule has 0 saturated carbocycles. The Labute approximate surface area is 119 Å². The van der Waals surface area contributed by atoms with Crippen LogP contribution in [0.4, 0.5) is 5.69 Å². The van der Waals surface area contributed by atoms with Gasteiger partial charge in [-0.1, -0.05) is 45.7 Å². The molecular weight excluding hydrogens is 346 g/mol. The summed E-state index contributed by atoms with van der Waals surface area (Å²) in [6.07, 6.45) is 0. The molecular formula is C13H17Br2NO. The predicted octanol–water partition coefficient (Wildman–Crippen LogP) is 4.42. The maximum absolute atomic E-state index is 11.9. The van der Waals surface area contributed by atoms with Crippen molar-refractivity contribution in [2.24, 2.45) is 5.92 Å². The van der Waals surface area contributed by atoms with Gasteiger partial charge in [-0.15, -0.1) is 0 Å². The first-order valence-electron chi connectivity index (χ1n) is 5.54. The lowest BCUT2D eigenvalue weighted by atomic mass is 10.1. The van der Waals surface area contributed by atoms with Gasteiger partial charge < -0.3 is 5.32 Å². The van der Waals surface area contributed by atoms with Gasteiger partial charge in [-0.05, 0) is 43.0 Å². The van der Waals surface area contributed by atoms with Crippen LogP contribution in [0, 0.1) is 19.8 Å². The first-order chi connectivity index (χ1) is 7.82. The van der Waals surface area contributed by atoms with E-state index in [4.69, 9.17) is 0 Å². The third-order valence-electron chi connectivity index (χ3n) is 2.54. The summed E-state index contributed by atoms with van der Waals surface area (Å²) in [5.74, 6) is 0.272. The number of rotatable bonds is 3. The molecule has 0 radical (unpaired) electrons. The third kappa shape index (κ3) is 3.81. The van der Waals surface area contributed by atoms with E-state index in [0.29, 0.717) is 0 Å². The molecule has 1 unspecified atom stereocenters. The first-order valence-corrected chi connectivity index (χ1v) is 7.25. The van der Waals surface area contributed by atoms with Crippen LogP contribution < -0.4 is 5.32 Å². The molecule has 0 aliphatic carbocycles. The lowest BCUT2D eigenvalue weighted by molar-refractivity contribution is -0.116. The smallest absolute Gasteiger partial charge is 0.238 e. The highest BCUT2D eigenvalue weighted by Gasteiger charge is 2.18. The molecule has 1 atom stereocenters. The fourth-order valence-corrected chi connectivity index (χ4v) is 1.88. The molecule has 1 aromatic rings. The molecule has 0 aromatic heterocycles. The minimum Gasteiger partial charge on any atom is -0.325 e. The lowest BCUT2D eigenvalue weighted by Gasteiger charge is -2.15. The number of nitrogens with one attached hydrogen (secondary N) is 1. The van der Waals surface area contributed by atoms with Crippen LogP contribution in [0.2, 0.25) is 0 Å². The van der Waals surface area contributed by atoms with E-state index in [1.807, 2.05) is 39.8 Å². The maximum atomic E-state index is 11.9. The number of hydrogen-bond donors (Lipinski definition) is 1. The summed E-state index contributed by atoms with van der Waals surface area (Å²) in [5, 5.41) is 2.93. The van der Waals surface area contributed by atoms with Crippen molar-refractivity contribution in [2.45, 2.75) is 32.5 Å². The van der Waals surface area contributed by atoms with Crippen LogP contribution in [0.3, 0.4) is 0 Å². The van der Waals surface area contributed by atoms with Gasteiger partial charge in [0.15, 0.2) is 0 Å². The molecule has 1 aromatic carbocycles. The van der Waals surface area contributed by atoms with Crippen LogP contribution in [0.25, 0.3) is 0 Å². The summed E-state index contributed by atoms with van der Waals surface area (Å²) in [6.45, 7) is 8.05. The summed E-state index contributed by atoms with van der Waals surface area (Å²) < 4.78 is 1.09. The Balaban J connectivity index is 2.86. The summed E-state index contributed by atoms with van der Waals surface area (Å²) in [7, 11) is 0. The number of amides is 1. The standard InChI is InChI=1S/C13H17Br2NO/c1-7(2)11(14)13(17)16-10-5-8(3)12(15)9(4)6-10/h5-7,11H,1-4H3,(H,16,17). The second-order valence-corrected chi connectivity index (χ2v) is 6.34. The van der Waals surface area contributed by atoms with E-state index < -0.39 is 0 Å². The van der Waals surface area contributed by atoms with Crippen molar-refractivity contribution in [1.82, 2.24) is 0 Å². The van der Waals surface area contributed by atoms with Crippen LogP contribution in [0.1, 0.15) is 25.0 Å². The first kappa shape index (κ1) is 14.7. The van der Waals surface area contributed by atoms with E-state index in [1.165, 1.54) is 0 Å². The van der Waals surface area contributed by atoms with Gasteiger partial charge in [0, 0.05) is 10.2 Å². The third-order valence-corrected chi connectivity index (χ3v) is 5.26. The number of alkyl halides is 1. The zero-order valence-corrected chi connectivity index (χ0v) is 13.6. The average Bonchev–Trinajstić information content (AvgIpc) is 2.24. The van der Waals surface area contributed by atoms with Crippen LogP contribution in [0.15, 0.2) is 16.6 Å². The van der Waals surface area contributed by atoms with Crippen LogP contribution in [-0.4, -0.2) is 10.7 Å². The highest BCUT2D eigenvalue weighted by atomic mass is 79.9. The molecule has 0 saturated heterocycles. The van der Waals surface area contributed by atoms with Gasteiger partial charge >= 0.3 is 0 Å². The summed E-state index contributed by atoms with van der Waals surface area (Å²) in [4.78, 5) is 11.7. The second-order valence-electron chi connectivity index (χ2n) is 4.56. The second kappa shape index (κ2) is 6.01. The lowest BCUT2D eigenvalue weighted by Crippen LogP contribution is -2.27. The number of carbonyl (C=O) groups is 1. The Kier molecular flexibility index (Phi) is 5.20. The normalized spacial score (nSPS) is 12.6. The van der Waals surface area contributed by atoms with Gasteiger partial charge in [-0.3, -0.25) is 4.79 Å². The van der Waals surface area contributed by atoms with Crippen LogP contribution >= 0.6 is 31.9 Å². The van der Waals surface area contributed by atoms with Gasteiger partial charge in [-0.25, -0.2) is 0 Å². The maximum Gasteiger partial charge on any atom is 0.238 e. The molecule has 0 bridgehead atoms. The van der Waals surface area contributed by atoms with Crippen molar-refractivity contribution in [3.63, 3.8) is 0 Å². The fourth-order valence-electron chi connectivity index (χ4n) is 1.53. The van der Waals surface area contributed by atoms with Crippen LogP contribution in [0.5, 0.6) is 0 Å². The Morgan fingerprint density at radius 3 is 2.12 bits per heavy atom. The van der Waals surface area contributed by atoms with Gasteiger partial charge in [0.05, 0.1) is 4.83 Å². The van der Waals surface area contributed by atoms with Crippen molar-refractivity contribution < 1.29 is 4.79 Å². The molecule has 0 fully saturated rings. The number of aryl methyl sites for hydroxylation is 2. The van der Waals surface area contributed by atoms with E-state index in [0.717, 1.165) is 21.3 Å². The molecule has 94 valence electrons. The van der Waals surface area contributed by atoms with Crippen molar-refractivity contribution in [1.29, 1.82) is 0 Å². The Hall–Kier alpha value is -0.350. The number of halogens is 2. The van der Waals surface area contributed by atoms with E-state index >= 15 is 0 Å². The van der Waals surface area contributed by atoms with Crippen LogP contribution in [-0.2, 0) is 4.79 Å². The summed E-state index contributed by atoms with van der Waals surface area (Å²) in [6, 6.07) is 3.93. The minimum atomic E-state index is -0.160. The molecule has 0 aliphatic rings.